The van der Waals surface area contributed by atoms with E-state index in [1.165, 1.54) is 9.21 Å². The van der Waals surface area contributed by atoms with E-state index in [1.807, 2.05) is 0 Å². The Morgan fingerprint density at radius 3 is 2.78 bits per heavy atom. The van der Waals surface area contributed by atoms with E-state index in [2.05, 4.69) is 5.32 Å². The minimum Gasteiger partial charge on any atom is -0.476 e. The predicted molar refractivity (Wildman–Crippen MR) is 82.6 cm³/mol. The van der Waals surface area contributed by atoms with Gasteiger partial charge in [-0.15, -0.1) is 0 Å². The third kappa shape index (κ3) is 3.09. The Morgan fingerprint density at radius 1 is 1.35 bits per heavy atom. The number of ether oxygens (including phenoxy) is 1. The third-order valence-corrected chi connectivity index (χ3v) is 4.91. The molecule has 1 aromatic carbocycles. The highest BCUT2D eigenvalue weighted by Gasteiger charge is 2.37. The first-order chi connectivity index (χ1) is 10.9. The van der Waals surface area contributed by atoms with Crippen molar-refractivity contribution in [3.05, 3.63) is 24.3 Å². The number of carbonyl (C=O) groups excluding carboxylic acids is 2. The maximum absolute atomic E-state index is 12.6. The fourth-order valence-electron chi connectivity index (χ4n) is 2.68. The highest BCUT2D eigenvalue weighted by molar-refractivity contribution is 7.92. The first-order valence-corrected chi connectivity index (χ1v) is 9.00. The molecule has 1 saturated heterocycles. The van der Waals surface area contributed by atoms with Crippen LogP contribution in [-0.2, 0) is 19.6 Å². The van der Waals surface area contributed by atoms with Crippen LogP contribution in [0.15, 0.2) is 24.3 Å². The van der Waals surface area contributed by atoms with Crippen molar-refractivity contribution in [2.75, 3.05) is 36.7 Å². The van der Waals surface area contributed by atoms with Gasteiger partial charge in [-0.25, -0.2) is 8.42 Å². The molecule has 3 rings (SSSR count). The predicted octanol–water partition coefficient (Wildman–Crippen LogP) is -0.828. The number of benzene rings is 1. The topological polar surface area (TPSA) is 96.0 Å². The SMILES string of the molecule is CS(=O)(=O)N1C[C@H](C(=O)N2CCNC(=O)C2)Oc2ccccc21. The van der Waals surface area contributed by atoms with E-state index in [-0.39, 0.29) is 24.9 Å². The number of amides is 2. The summed E-state index contributed by atoms with van der Waals surface area (Å²) in [5.74, 6) is -0.284. The van der Waals surface area contributed by atoms with E-state index in [0.717, 1.165) is 6.26 Å². The van der Waals surface area contributed by atoms with E-state index >= 15 is 0 Å². The summed E-state index contributed by atoms with van der Waals surface area (Å²) >= 11 is 0. The molecule has 2 heterocycles. The molecule has 2 aliphatic heterocycles. The van der Waals surface area contributed by atoms with Gasteiger partial charge in [0.1, 0.15) is 5.75 Å². The van der Waals surface area contributed by atoms with Gasteiger partial charge in [0.25, 0.3) is 5.91 Å². The highest BCUT2D eigenvalue weighted by Crippen LogP contribution is 2.34. The van der Waals surface area contributed by atoms with Crippen molar-refractivity contribution < 1.29 is 22.7 Å². The van der Waals surface area contributed by atoms with Crippen molar-refractivity contribution in [3.8, 4) is 5.75 Å². The lowest BCUT2D eigenvalue weighted by molar-refractivity contribution is -0.143. The molecule has 8 nitrogen and oxygen atoms in total. The van der Waals surface area contributed by atoms with Crippen LogP contribution in [0.3, 0.4) is 0 Å². The number of fused-ring (bicyclic) bond motifs is 1. The largest absolute Gasteiger partial charge is 0.476 e. The summed E-state index contributed by atoms with van der Waals surface area (Å²) in [5.41, 5.74) is 0.412. The lowest BCUT2D eigenvalue weighted by atomic mass is 10.2. The van der Waals surface area contributed by atoms with Gasteiger partial charge in [0, 0.05) is 13.1 Å². The fraction of sp³-hybridized carbons (Fsp3) is 0.429. The van der Waals surface area contributed by atoms with Gasteiger partial charge < -0.3 is 15.0 Å². The van der Waals surface area contributed by atoms with Crippen molar-refractivity contribution in [2.24, 2.45) is 0 Å². The Morgan fingerprint density at radius 2 is 2.09 bits per heavy atom. The summed E-state index contributed by atoms with van der Waals surface area (Å²) in [6.07, 6.45) is 0.121. The Labute approximate surface area is 134 Å². The molecular formula is C14H17N3O5S. The number of rotatable bonds is 2. The Bertz CT molecular complexity index is 749. The van der Waals surface area contributed by atoms with E-state index in [1.54, 1.807) is 24.3 Å². The van der Waals surface area contributed by atoms with Crippen molar-refractivity contribution in [1.29, 1.82) is 0 Å². The van der Waals surface area contributed by atoms with Crippen LogP contribution in [0.2, 0.25) is 0 Å². The molecule has 0 unspecified atom stereocenters. The molecule has 0 bridgehead atoms. The van der Waals surface area contributed by atoms with Crippen molar-refractivity contribution in [3.63, 3.8) is 0 Å². The first-order valence-electron chi connectivity index (χ1n) is 7.15. The second-order valence-corrected chi connectivity index (χ2v) is 7.38. The number of hydrogen-bond donors (Lipinski definition) is 1. The Balaban J connectivity index is 1.88. The van der Waals surface area contributed by atoms with E-state index in [0.29, 0.717) is 24.5 Å². The van der Waals surface area contributed by atoms with E-state index < -0.39 is 16.1 Å². The standard InChI is InChI=1S/C14H17N3O5S/c1-23(20,21)17-8-12(22-11-5-3-2-4-10(11)17)14(19)16-7-6-15-13(18)9-16/h2-5,12H,6-9H2,1H3,(H,15,18)/t12-/m1/s1. The van der Waals surface area contributed by atoms with Crippen molar-refractivity contribution in [1.82, 2.24) is 10.2 Å². The van der Waals surface area contributed by atoms with Crippen LogP contribution in [0.25, 0.3) is 0 Å². The first kappa shape index (κ1) is 15.6. The molecule has 0 aromatic heterocycles. The van der Waals surface area contributed by atoms with Crippen LogP contribution < -0.4 is 14.4 Å². The number of hydrogen-bond acceptors (Lipinski definition) is 5. The third-order valence-electron chi connectivity index (χ3n) is 3.76. The molecule has 1 atom stereocenters. The van der Waals surface area contributed by atoms with E-state index in [9.17, 15) is 18.0 Å². The number of carbonyl (C=O) groups is 2. The molecule has 0 spiro atoms. The molecule has 2 amide bonds. The van der Waals surface area contributed by atoms with Gasteiger partial charge in [0.2, 0.25) is 15.9 Å². The Kier molecular flexibility index (Phi) is 3.88. The van der Waals surface area contributed by atoms with Gasteiger partial charge in [-0.3, -0.25) is 13.9 Å². The molecule has 0 aliphatic carbocycles. The van der Waals surface area contributed by atoms with Gasteiger partial charge in [-0.1, -0.05) is 12.1 Å². The van der Waals surface area contributed by atoms with Crippen LogP contribution in [0.5, 0.6) is 5.75 Å². The van der Waals surface area contributed by atoms with Crippen LogP contribution >= 0.6 is 0 Å². The molecule has 124 valence electrons. The zero-order chi connectivity index (χ0) is 16.6. The van der Waals surface area contributed by atoms with Crippen LogP contribution in [0, 0.1) is 0 Å². The summed E-state index contributed by atoms with van der Waals surface area (Å²) in [4.78, 5) is 25.4. The van der Waals surface area contributed by atoms with Crippen molar-refractivity contribution >= 4 is 27.5 Å². The van der Waals surface area contributed by atoms with Gasteiger partial charge in [-0.2, -0.15) is 0 Å². The molecule has 0 saturated carbocycles. The normalized spacial score (nSPS) is 21.3. The smallest absolute Gasteiger partial charge is 0.266 e. The number of anilines is 1. The Hall–Kier alpha value is -2.29. The zero-order valence-corrected chi connectivity index (χ0v) is 13.4. The summed E-state index contributed by atoms with van der Waals surface area (Å²) in [7, 11) is -3.54. The number of para-hydroxylation sites is 2. The lowest BCUT2D eigenvalue weighted by Gasteiger charge is -2.36. The number of sulfonamides is 1. The summed E-state index contributed by atoms with van der Waals surface area (Å²) < 4.78 is 30.9. The lowest BCUT2D eigenvalue weighted by Crippen LogP contribution is -2.57. The molecule has 23 heavy (non-hydrogen) atoms. The van der Waals surface area contributed by atoms with Crippen LogP contribution in [0.4, 0.5) is 5.69 Å². The number of nitrogens with one attached hydrogen (secondary N) is 1. The molecule has 1 N–H and O–H groups in total. The van der Waals surface area contributed by atoms with E-state index in [4.69, 9.17) is 4.74 Å². The number of piperazine rings is 1. The molecule has 9 heteroatoms. The highest BCUT2D eigenvalue weighted by atomic mass is 32.2. The van der Waals surface area contributed by atoms with Crippen molar-refractivity contribution in [2.45, 2.75) is 6.10 Å². The van der Waals surface area contributed by atoms with Gasteiger partial charge in [0.05, 0.1) is 25.0 Å². The van der Waals surface area contributed by atoms with Gasteiger partial charge >= 0.3 is 0 Å². The molecular weight excluding hydrogens is 322 g/mol. The number of nitrogens with zero attached hydrogens (tertiary/aromatic N) is 2. The monoisotopic (exact) mass is 339 g/mol. The average Bonchev–Trinajstić information content (AvgIpc) is 2.52. The second kappa shape index (κ2) is 5.73. The quantitative estimate of drug-likeness (QED) is 0.759. The summed E-state index contributed by atoms with van der Waals surface area (Å²) in [6.45, 7) is 0.612. The fourth-order valence-corrected chi connectivity index (χ4v) is 3.59. The molecule has 1 aromatic rings. The minimum atomic E-state index is -3.54. The summed E-state index contributed by atoms with van der Waals surface area (Å²) in [6, 6.07) is 6.67. The summed E-state index contributed by atoms with van der Waals surface area (Å²) in [5, 5.41) is 2.64. The minimum absolute atomic E-state index is 0.0424. The molecule has 1 fully saturated rings. The maximum atomic E-state index is 12.6. The molecule has 2 aliphatic rings. The van der Waals surface area contributed by atoms with Gasteiger partial charge in [0.15, 0.2) is 6.10 Å². The van der Waals surface area contributed by atoms with Crippen LogP contribution in [-0.4, -0.2) is 63.7 Å². The van der Waals surface area contributed by atoms with Crippen LogP contribution in [0.1, 0.15) is 0 Å². The zero-order valence-electron chi connectivity index (χ0n) is 12.6. The molecule has 0 radical (unpaired) electrons. The van der Waals surface area contributed by atoms with Gasteiger partial charge in [-0.05, 0) is 12.1 Å². The second-order valence-electron chi connectivity index (χ2n) is 5.48. The average molecular weight is 339 g/mol. The maximum Gasteiger partial charge on any atom is 0.266 e.